The Labute approximate surface area is 95.6 Å². The van der Waals surface area contributed by atoms with E-state index in [1.807, 2.05) is 6.92 Å². The summed E-state index contributed by atoms with van der Waals surface area (Å²) in [6, 6.07) is 0.252. The molecule has 2 heterocycles. The van der Waals surface area contributed by atoms with Crippen molar-refractivity contribution in [1.82, 2.24) is 15.5 Å². The summed E-state index contributed by atoms with van der Waals surface area (Å²) in [6.45, 7) is 4.41. The van der Waals surface area contributed by atoms with Gasteiger partial charge in [0.2, 0.25) is 5.89 Å². The van der Waals surface area contributed by atoms with Gasteiger partial charge in [0.25, 0.3) is 0 Å². The molecular weight excluding hydrogens is 206 g/mol. The summed E-state index contributed by atoms with van der Waals surface area (Å²) in [7, 11) is 0. The number of ether oxygens (including phenoxy) is 1. The molecule has 0 amide bonds. The highest BCUT2D eigenvalue weighted by atomic mass is 16.5. The Hall–Kier alpha value is -0.940. The Balaban J connectivity index is 1.85. The Morgan fingerprint density at radius 2 is 2.44 bits per heavy atom. The van der Waals surface area contributed by atoms with Crippen LogP contribution in [-0.4, -0.2) is 29.9 Å². The van der Waals surface area contributed by atoms with E-state index in [4.69, 9.17) is 9.26 Å². The third-order valence-electron chi connectivity index (χ3n) is 2.77. The zero-order valence-electron chi connectivity index (χ0n) is 9.74. The van der Waals surface area contributed by atoms with Crippen molar-refractivity contribution < 1.29 is 9.26 Å². The van der Waals surface area contributed by atoms with Crippen LogP contribution in [0, 0.1) is 0 Å². The average molecular weight is 225 g/mol. The van der Waals surface area contributed by atoms with Crippen LogP contribution in [0.1, 0.15) is 43.9 Å². The van der Waals surface area contributed by atoms with Crippen LogP contribution < -0.4 is 5.32 Å². The van der Waals surface area contributed by atoms with Gasteiger partial charge in [0.1, 0.15) is 0 Å². The number of nitrogens with one attached hydrogen (secondary N) is 1. The van der Waals surface area contributed by atoms with Gasteiger partial charge < -0.3 is 14.6 Å². The van der Waals surface area contributed by atoms with Gasteiger partial charge in [0, 0.05) is 13.0 Å². The number of aromatic nitrogens is 2. The summed E-state index contributed by atoms with van der Waals surface area (Å²) in [5.74, 6) is 1.47. The number of hydrogen-bond acceptors (Lipinski definition) is 5. The fourth-order valence-corrected chi connectivity index (χ4v) is 1.88. The first-order chi connectivity index (χ1) is 7.90. The summed E-state index contributed by atoms with van der Waals surface area (Å²) in [4.78, 5) is 4.39. The van der Waals surface area contributed by atoms with Crippen molar-refractivity contribution in [2.24, 2.45) is 0 Å². The molecule has 1 aromatic heterocycles. The maximum absolute atomic E-state index is 5.26. The second-order valence-electron chi connectivity index (χ2n) is 4.00. The predicted octanol–water partition coefficient (Wildman–Crippen LogP) is 1.46. The molecule has 90 valence electrons. The second kappa shape index (κ2) is 5.96. The molecule has 0 bridgehead atoms. The molecule has 1 saturated heterocycles. The molecule has 0 unspecified atom stereocenters. The standard InChI is InChI=1S/C11H19N3O2/c1-2-15-8-6-10-13-11(16-14-10)9-5-3-4-7-12-9/h9,12H,2-8H2,1H3/t9-/m0/s1. The maximum atomic E-state index is 5.26. The van der Waals surface area contributed by atoms with E-state index in [0.29, 0.717) is 6.61 Å². The van der Waals surface area contributed by atoms with Crippen molar-refractivity contribution in [2.75, 3.05) is 19.8 Å². The largest absolute Gasteiger partial charge is 0.381 e. The zero-order valence-corrected chi connectivity index (χ0v) is 9.74. The Kier molecular flexibility index (Phi) is 4.30. The summed E-state index contributed by atoms with van der Waals surface area (Å²) in [5.41, 5.74) is 0. The SMILES string of the molecule is CCOCCc1noc([C@@H]2CCCCN2)n1. The topological polar surface area (TPSA) is 60.2 Å². The van der Waals surface area contributed by atoms with Crippen LogP contribution >= 0.6 is 0 Å². The van der Waals surface area contributed by atoms with Crippen LogP contribution in [-0.2, 0) is 11.2 Å². The van der Waals surface area contributed by atoms with Gasteiger partial charge in [0.15, 0.2) is 5.82 Å². The molecule has 2 rings (SSSR count). The predicted molar refractivity (Wildman–Crippen MR) is 59.1 cm³/mol. The van der Waals surface area contributed by atoms with E-state index in [9.17, 15) is 0 Å². The van der Waals surface area contributed by atoms with Gasteiger partial charge in [-0.05, 0) is 26.3 Å². The van der Waals surface area contributed by atoms with Gasteiger partial charge >= 0.3 is 0 Å². The van der Waals surface area contributed by atoms with E-state index in [1.54, 1.807) is 0 Å². The summed E-state index contributed by atoms with van der Waals surface area (Å²) in [5, 5.41) is 7.35. The van der Waals surface area contributed by atoms with Crippen molar-refractivity contribution in [3.8, 4) is 0 Å². The van der Waals surface area contributed by atoms with Crippen molar-refractivity contribution in [3.63, 3.8) is 0 Å². The first kappa shape index (κ1) is 11.5. The lowest BCUT2D eigenvalue weighted by Gasteiger charge is -2.19. The smallest absolute Gasteiger partial charge is 0.243 e. The third kappa shape index (κ3) is 3.02. The zero-order chi connectivity index (χ0) is 11.2. The molecule has 0 aliphatic carbocycles. The molecule has 1 fully saturated rings. The molecule has 1 aromatic rings. The van der Waals surface area contributed by atoms with Crippen LogP contribution in [0.4, 0.5) is 0 Å². The van der Waals surface area contributed by atoms with Crippen molar-refractivity contribution in [2.45, 2.75) is 38.6 Å². The summed E-state index contributed by atoms with van der Waals surface area (Å²) < 4.78 is 10.5. The molecule has 1 aliphatic heterocycles. The Morgan fingerprint density at radius 3 is 3.19 bits per heavy atom. The van der Waals surface area contributed by atoms with Gasteiger partial charge in [-0.1, -0.05) is 11.6 Å². The molecule has 1 N–H and O–H groups in total. The number of nitrogens with zero attached hydrogens (tertiary/aromatic N) is 2. The van der Waals surface area contributed by atoms with Gasteiger partial charge in [-0.2, -0.15) is 4.98 Å². The molecule has 5 heteroatoms. The number of rotatable bonds is 5. The van der Waals surface area contributed by atoms with E-state index in [2.05, 4.69) is 15.5 Å². The van der Waals surface area contributed by atoms with Crippen molar-refractivity contribution in [3.05, 3.63) is 11.7 Å². The molecule has 5 nitrogen and oxygen atoms in total. The fourth-order valence-electron chi connectivity index (χ4n) is 1.88. The third-order valence-corrected chi connectivity index (χ3v) is 2.77. The molecule has 0 saturated carbocycles. The second-order valence-corrected chi connectivity index (χ2v) is 4.00. The lowest BCUT2D eigenvalue weighted by atomic mass is 10.1. The first-order valence-corrected chi connectivity index (χ1v) is 6.03. The molecule has 16 heavy (non-hydrogen) atoms. The molecule has 1 atom stereocenters. The van der Waals surface area contributed by atoms with Crippen LogP contribution in [0.5, 0.6) is 0 Å². The maximum Gasteiger partial charge on any atom is 0.243 e. The van der Waals surface area contributed by atoms with Crippen LogP contribution in [0.2, 0.25) is 0 Å². The highest BCUT2D eigenvalue weighted by molar-refractivity contribution is 4.94. The highest BCUT2D eigenvalue weighted by Gasteiger charge is 2.20. The van der Waals surface area contributed by atoms with E-state index >= 15 is 0 Å². The van der Waals surface area contributed by atoms with Gasteiger partial charge in [-0.3, -0.25) is 0 Å². The monoisotopic (exact) mass is 225 g/mol. The minimum Gasteiger partial charge on any atom is -0.381 e. The van der Waals surface area contributed by atoms with Gasteiger partial charge in [-0.25, -0.2) is 0 Å². The first-order valence-electron chi connectivity index (χ1n) is 6.03. The lowest BCUT2D eigenvalue weighted by molar-refractivity contribution is 0.149. The van der Waals surface area contributed by atoms with Crippen LogP contribution in [0.15, 0.2) is 4.52 Å². The summed E-state index contributed by atoms with van der Waals surface area (Å²) >= 11 is 0. The normalized spacial score (nSPS) is 21.2. The molecular formula is C11H19N3O2. The van der Waals surface area contributed by atoms with Crippen molar-refractivity contribution >= 4 is 0 Å². The van der Waals surface area contributed by atoms with E-state index in [1.165, 1.54) is 12.8 Å². The molecule has 1 aliphatic rings. The van der Waals surface area contributed by atoms with Crippen LogP contribution in [0.25, 0.3) is 0 Å². The lowest BCUT2D eigenvalue weighted by Crippen LogP contribution is -2.27. The average Bonchev–Trinajstić information content (AvgIpc) is 2.79. The number of piperidine rings is 1. The molecule has 0 spiro atoms. The molecule has 0 aromatic carbocycles. The van der Waals surface area contributed by atoms with Crippen molar-refractivity contribution in [1.29, 1.82) is 0 Å². The minimum absolute atomic E-state index is 0.252. The number of hydrogen-bond donors (Lipinski definition) is 1. The van der Waals surface area contributed by atoms with E-state index in [0.717, 1.165) is 37.7 Å². The van der Waals surface area contributed by atoms with Gasteiger partial charge in [0.05, 0.1) is 12.6 Å². The molecule has 0 radical (unpaired) electrons. The fraction of sp³-hybridized carbons (Fsp3) is 0.818. The Bertz CT molecular complexity index is 308. The quantitative estimate of drug-likeness (QED) is 0.769. The van der Waals surface area contributed by atoms with Gasteiger partial charge in [-0.15, -0.1) is 0 Å². The van der Waals surface area contributed by atoms with Crippen LogP contribution in [0.3, 0.4) is 0 Å². The Morgan fingerprint density at radius 1 is 1.50 bits per heavy atom. The minimum atomic E-state index is 0.252. The summed E-state index contributed by atoms with van der Waals surface area (Å²) in [6.07, 6.45) is 4.29. The van der Waals surface area contributed by atoms with E-state index < -0.39 is 0 Å². The van der Waals surface area contributed by atoms with E-state index in [-0.39, 0.29) is 6.04 Å². The highest BCUT2D eigenvalue weighted by Crippen LogP contribution is 2.21.